The number of hydrogen-bond acceptors (Lipinski definition) is 2. The fourth-order valence-electron chi connectivity index (χ4n) is 2.13. The Kier molecular flexibility index (Phi) is 4.58. The van der Waals surface area contributed by atoms with Crippen LogP contribution >= 0.6 is 0 Å². The monoisotopic (exact) mass is 260 g/mol. The van der Waals surface area contributed by atoms with Gasteiger partial charge in [-0.3, -0.25) is 4.79 Å². The SMILES string of the molecule is CN(CCCCCO)C(=O)c1cc2ccccc2[nH]1. The predicted molar refractivity (Wildman–Crippen MR) is 76.2 cm³/mol. The van der Waals surface area contributed by atoms with E-state index in [2.05, 4.69) is 4.98 Å². The lowest BCUT2D eigenvalue weighted by molar-refractivity contribution is 0.0787. The van der Waals surface area contributed by atoms with Gasteiger partial charge in [-0.15, -0.1) is 0 Å². The van der Waals surface area contributed by atoms with E-state index in [4.69, 9.17) is 5.11 Å². The van der Waals surface area contributed by atoms with E-state index in [1.807, 2.05) is 37.4 Å². The van der Waals surface area contributed by atoms with Gasteiger partial charge in [0.15, 0.2) is 0 Å². The van der Waals surface area contributed by atoms with Crippen molar-refractivity contribution in [3.8, 4) is 0 Å². The first-order valence-electron chi connectivity index (χ1n) is 6.66. The molecule has 4 nitrogen and oxygen atoms in total. The van der Waals surface area contributed by atoms with Crippen molar-refractivity contribution in [1.29, 1.82) is 0 Å². The maximum atomic E-state index is 12.2. The van der Waals surface area contributed by atoms with Gasteiger partial charge in [0.25, 0.3) is 5.91 Å². The number of hydrogen-bond donors (Lipinski definition) is 2. The summed E-state index contributed by atoms with van der Waals surface area (Å²) in [6.07, 6.45) is 2.66. The van der Waals surface area contributed by atoms with E-state index in [1.165, 1.54) is 0 Å². The molecule has 2 N–H and O–H groups in total. The molecular weight excluding hydrogens is 240 g/mol. The molecule has 0 unspecified atom stereocenters. The number of rotatable bonds is 6. The molecule has 0 bridgehead atoms. The highest BCUT2D eigenvalue weighted by atomic mass is 16.2. The number of H-pyrrole nitrogens is 1. The summed E-state index contributed by atoms with van der Waals surface area (Å²) in [7, 11) is 1.81. The molecule has 1 aromatic carbocycles. The summed E-state index contributed by atoms with van der Waals surface area (Å²) in [5.74, 6) is 0.0141. The summed E-state index contributed by atoms with van der Waals surface area (Å²) >= 11 is 0. The third kappa shape index (κ3) is 3.35. The first-order valence-corrected chi connectivity index (χ1v) is 6.66. The molecule has 0 spiro atoms. The molecule has 102 valence electrons. The first-order chi connectivity index (χ1) is 9.22. The van der Waals surface area contributed by atoms with Crippen molar-refractivity contribution in [2.75, 3.05) is 20.2 Å². The number of aliphatic hydroxyl groups is 1. The van der Waals surface area contributed by atoms with E-state index in [-0.39, 0.29) is 12.5 Å². The average Bonchev–Trinajstić information content (AvgIpc) is 2.86. The van der Waals surface area contributed by atoms with Gasteiger partial charge in [-0.1, -0.05) is 18.2 Å². The molecule has 0 saturated carbocycles. The number of carbonyl (C=O) groups excluding carboxylic acids is 1. The highest BCUT2D eigenvalue weighted by Gasteiger charge is 2.13. The van der Waals surface area contributed by atoms with E-state index in [0.717, 1.165) is 30.2 Å². The molecule has 0 atom stereocenters. The average molecular weight is 260 g/mol. The van der Waals surface area contributed by atoms with Crippen molar-refractivity contribution in [3.63, 3.8) is 0 Å². The van der Waals surface area contributed by atoms with Gasteiger partial charge in [0, 0.05) is 31.1 Å². The molecule has 0 aliphatic rings. The number of nitrogens with one attached hydrogen (secondary N) is 1. The Labute approximate surface area is 113 Å². The lowest BCUT2D eigenvalue weighted by Gasteiger charge is -2.15. The highest BCUT2D eigenvalue weighted by Crippen LogP contribution is 2.15. The number of aromatic nitrogens is 1. The second-order valence-electron chi connectivity index (χ2n) is 4.78. The molecule has 0 aliphatic carbocycles. The molecule has 4 heteroatoms. The van der Waals surface area contributed by atoms with Crippen molar-refractivity contribution in [1.82, 2.24) is 9.88 Å². The molecule has 2 aromatic rings. The van der Waals surface area contributed by atoms with Crippen LogP contribution in [0.2, 0.25) is 0 Å². The predicted octanol–water partition coefficient (Wildman–Crippen LogP) is 2.40. The summed E-state index contributed by atoms with van der Waals surface area (Å²) in [6.45, 7) is 0.938. The summed E-state index contributed by atoms with van der Waals surface area (Å²) in [4.78, 5) is 17.1. The van der Waals surface area contributed by atoms with Crippen molar-refractivity contribution in [3.05, 3.63) is 36.0 Å². The van der Waals surface area contributed by atoms with Crippen LogP contribution in [0.5, 0.6) is 0 Å². The molecule has 0 saturated heterocycles. The largest absolute Gasteiger partial charge is 0.396 e. The van der Waals surface area contributed by atoms with Crippen LogP contribution in [-0.2, 0) is 0 Å². The zero-order valence-corrected chi connectivity index (χ0v) is 11.2. The van der Waals surface area contributed by atoms with Crippen LogP contribution in [-0.4, -0.2) is 41.1 Å². The van der Waals surface area contributed by atoms with E-state index in [0.29, 0.717) is 12.2 Å². The van der Waals surface area contributed by atoms with E-state index in [9.17, 15) is 4.79 Å². The number of aliphatic hydroxyl groups excluding tert-OH is 1. The van der Waals surface area contributed by atoms with Gasteiger partial charge < -0.3 is 15.0 Å². The molecule has 0 fully saturated rings. The fraction of sp³-hybridized carbons (Fsp3) is 0.400. The second kappa shape index (κ2) is 6.38. The highest BCUT2D eigenvalue weighted by molar-refractivity contribution is 5.97. The van der Waals surface area contributed by atoms with E-state index >= 15 is 0 Å². The van der Waals surface area contributed by atoms with Crippen molar-refractivity contribution in [2.24, 2.45) is 0 Å². The second-order valence-corrected chi connectivity index (χ2v) is 4.78. The third-order valence-electron chi connectivity index (χ3n) is 3.26. The Bertz CT molecular complexity index is 515. The van der Waals surface area contributed by atoms with Crippen LogP contribution in [0.1, 0.15) is 29.8 Å². The number of unbranched alkanes of at least 4 members (excludes halogenated alkanes) is 2. The standard InChI is InChI=1S/C15H20N2O2/c1-17(9-5-2-6-10-18)15(19)14-11-12-7-3-4-8-13(12)16-14/h3-4,7-8,11,16,18H,2,5-6,9-10H2,1H3. The summed E-state index contributed by atoms with van der Waals surface area (Å²) in [5.41, 5.74) is 1.62. The van der Waals surface area contributed by atoms with Crippen molar-refractivity contribution >= 4 is 16.8 Å². The Morgan fingerprint density at radius 3 is 2.79 bits per heavy atom. The lowest BCUT2D eigenvalue weighted by Crippen LogP contribution is -2.28. The molecule has 2 rings (SSSR count). The van der Waals surface area contributed by atoms with E-state index in [1.54, 1.807) is 4.90 Å². The maximum Gasteiger partial charge on any atom is 0.270 e. The molecular formula is C15H20N2O2. The zero-order chi connectivity index (χ0) is 13.7. The van der Waals surface area contributed by atoms with Crippen LogP contribution in [0, 0.1) is 0 Å². The smallest absolute Gasteiger partial charge is 0.270 e. The minimum Gasteiger partial charge on any atom is -0.396 e. The number of carbonyl (C=O) groups is 1. The summed E-state index contributed by atoms with van der Waals surface area (Å²) < 4.78 is 0. The zero-order valence-electron chi connectivity index (χ0n) is 11.2. The van der Waals surface area contributed by atoms with Gasteiger partial charge >= 0.3 is 0 Å². The van der Waals surface area contributed by atoms with Crippen molar-refractivity contribution in [2.45, 2.75) is 19.3 Å². The van der Waals surface area contributed by atoms with Gasteiger partial charge in [-0.05, 0) is 31.4 Å². The van der Waals surface area contributed by atoms with Gasteiger partial charge in [0.1, 0.15) is 5.69 Å². The Morgan fingerprint density at radius 1 is 1.26 bits per heavy atom. The first kappa shape index (κ1) is 13.6. The Balaban J connectivity index is 1.98. The quantitative estimate of drug-likeness (QED) is 0.784. The number of amides is 1. The number of para-hydroxylation sites is 1. The van der Waals surface area contributed by atoms with Crippen LogP contribution in [0.3, 0.4) is 0 Å². The van der Waals surface area contributed by atoms with Gasteiger partial charge in [0.2, 0.25) is 0 Å². The number of fused-ring (bicyclic) bond motifs is 1. The van der Waals surface area contributed by atoms with Crippen LogP contribution in [0.15, 0.2) is 30.3 Å². The number of aromatic amines is 1. The third-order valence-corrected chi connectivity index (χ3v) is 3.26. The topological polar surface area (TPSA) is 56.3 Å². The molecule has 0 aliphatic heterocycles. The molecule has 1 amide bonds. The molecule has 1 aromatic heterocycles. The van der Waals surface area contributed by atoms with Gasteiger partial charge in [0.05, 0.1) is 0 Å². The molecule has 0 radical (unpaired) electrons. The summed E-state index contributed by atoms with van der Waals surface area (Å²) in [6, 6.07) is 9.76. The molecule has 19 heavy (non-hydrogen) atoms. The normalized spacial score (nSPS) is 10.8. The van der Waals surface area contributed by atoms with E-state index < -0.39 is 0 Å². The van der Waals surface area contributed by atoms with Crippen LogP contribution in [0.4, 0.5) is 0 Å². The van der Waals surface area contributed by atoms with Crippen molar-refractivity contribution < 1.29 is 9.90 Å². The molecule has 1 heterocycles. The summed E-state index contributed by atoms with van der Waals surface area (Å²) in [5, 5.41) is 9.77. The van der Waals surface area contributed by atoms with Crippen LogP contribution < -0.4 is 0 Å². The lowest BCUT2D eigenvalue weighted by atomic mass is 10.2. The number of benzene rings is 1. The van der Waals surface area contributed by atoms with Crippen LogP contribution in [0.25, 0.3) is 10.9 Å². The number of nitrogens with zero attached hydrogens (tertiary/aromatic N) is 1. The minimum absolute atomic E-state index is 0.0141. The van der Waals surface area contributed by atoms with Gasteiger partial charge in [-0.2, -0.15) is 0 Å². The Hall–Kier alpha value is -1.81. The Morgan fingerprint density at radius 2 is 2.05 bits per heavy atom. The van der Waals surface area contributed by atoms with Gasteiger partial charge in [-0.25, -0.2) is 0 Å². The fourth-order valence-corrected chi connectivity index (χ4v) is 2.13. The minimum atomic E-state index is 0.0141. The maximum absolute atomic E-state index is 12.2.